The second kappa shape index (κ2) is 8.02. The van der Waals surface area contributed by atoms with Crippen molar-refractivity contribution in [2.75, 3.05) is 24.5 Å². The second-order valence-electron chi connectivity index (χ2n) is 9.66. The SMILES string of the molecule is Cc1cncc(N2CCC(c3nnc4n3-c3ccc(Cl)cc3CN(CC3(F)CC3)C4)CC2)n1. The Morgan fingerprint density at radius 3 is 2.70 bits per heavy atom. The van der Waals surface area contributed by atoms with Crippen molar-refractivity contribution >= 4 is 17.4 Å². The number of piperidine rings is 1. The van der Waals surface area contributed by atoms with Gasteiger partial charge in [0.1, 0.15) is 17.3 Å². The molecule has 2 aromatic heterocycles. The van der Waals surface area contributed by atoms with Crippen LogP contribution >= 0.6 is 11.6 Å². The van der Waals surface area contributed by atoms with Gasteiger partial charge in [-0.15, -0.1) is 10.2 Å². The van der Waals surface area contributed by atoms with Crippen LogP contribution in [0.25, 0.3) is 5.69 Å². The number of hydrogen-bond acceptors (Lipinski definition) is 6. The van der Waals surface area contributed by atoms with Gasteiger partial charge < -0.3 is 4.90 Å². The predicted molar refractivity (Wildman–Crippen MR) is 125 cm³/mol. The van der Waals surface area contributed by atoms with Crippen LogP contribution in [0, 0.1) is 6.92 Å². The average Bonchev–Trinajstić information content (AvgIpc) is 3.42. The third-order valence-corrected chi connectivity index (χ3v) is 7.26. The summed E-state index contributed by atoms with van der Waals surface area (Å²) in [5.74, 6) is 3.10. The van der Waals surface area contributed by atoms with Crippen LogP contribution in [0.3, 0.4) is 0 Å². The van der Waals surface area contributed by atoms with Crippen LogP contribution in [0.4, 0.5) is 10.2 Å². The van der Waals surface area contributed by atoms with Gasteiger partial charge in [0.05, 0.1) is 24.1 Å². The Kier molecular flexibility index (Phi) is 5.10. The van der Waals surface area contributed by atoms with Crippen LogP contribution in [0.1, 0.15) is 54.5 Å². The van der Waals surface area contributed by atoms with Gasteiger partial charge in [0, 0.05) is 43.3 Å². The van der Waals surface area contributed by atoms with E-state index in [4.69, 9.17) is 11.6 Å². The maximum Gasteiger partial charge on any atom is 0.151 e. The summed E-state index contributed by atoms with van der Waals surface area (Å²) in [4.78, 5) is 13.4. The minimum Gasteiger partial charge on any atom is -0.355 e. The molecule has 0 spiro atoms. The minimum atomic E-state index is -1.05. The molecule has 7 nitrogen and oxygen atoms in total. The third-order valence-electron chi connectivity index (χ3n) is 7.02. The van der Waals surface area contributed by atoms with E-state index in [1.54, 1.807) is 6.20 Å². The summed E-state index contributed by atoms with van der Waals surface area (Å²) in [6.45, 7) is 5.44. The quantitative estimate of drug-likeness (QED) is 0.572. The lowest BCUT2D eigenvalue weighted by Crippen LogP contribution is -2.34. The molecule has 172 valence electrons. The predicted octanol–water partition coefficient (Wildman–Crippen LogP) is 4.22. The smallest absolute Gasteiger partial charge is 0.151 e. The number of halogens is 2. The first kappa shape index (κ1) is 21.0. The number of nitrogens with zero attached hydrogens (tertiary/aromatic N) is 7. The van der Waals surface area contributed by atoms with Crippen LogP contribution in [0.5, 0.6) is 0 Å². The molecule has 1 saturated carbocycles. The molecule has 0 amide bonds. The number of alkyl halides is 1. The summed E-state index contributed by atoms with van der Waals surface area (Å²) in [5.41, 5.74) is 2.03. The lowest BCUT2D eigenvalue weighted by Gasteiger charge is -2.32. The fourth-order valence-corrected chi connectivity index (χ4v) is 5.33. The molecule has 33 heavy (non-hydrogen) atoms. The summed E-state index contributed by atoms with van der Waals surface area (Å²) in [6.07, 6.45) is 6.84. The van der Waals surface area contributed by atoms with Crippen molar-refractivity contribution < 1.29 is 4.39 Å². The van der Waals surface area contributed by atoms with Gasteiger partial charge in [-0.1, -0.05) is 11.6 Å². The van der Waals surface area contributed by atoms with Gasteiger partial charge >= 0.3 is 0 Å². The molecule has 4 heterocycles. The second-order valence-corrected chi connectivity index (χ2v) is 10.1. The Balaban J connectivity index is 1.29. The molecule has 0 radical (unpaired) electrons. The molecule has 0 N–H and O–H groups in total. The van der Waals surface area contributed by atoms with E-state index < -0.39 is 5.67 Å². The molecule has 9 heteroatoms. The van der Waals surface area contributed by atoms with Crippen molar-refractivity contribution in [2.24, 2.45) is 0 Å². The number of anilines is 1. The van der Waals surface area contributed by atoms with E-state index in [1.807, 2.05) is 25.3 Å². The van der Waals surface area contributed by atoms with Gasteiger partial charge in [-0.2, -0.15) is 0 Å². The van der Waals surface area contributed by atoms with E-state index in [1.165, 1.54) is 0 Å². The summed E-state index contributed by atoms with van der Waals surface area (Å²) >= 11 is 6.35. The molecule has 1 aromatic carbocycles. The number of rotatable bonds is 4. The number of aromatic nitrogens is 5. The van der Waals surface area contributed by atoms with Crippen LogP contribution in [0.2, 0.25) is 5.02 Å². The zero-order valence-electron chi connectivity index (χ0n) is 18.7. The van der Waals surface area contributed by atoms with E-state index in [0.717, 1.165) is 60.3 Å². The third kappa shape index (κ3) is 4.10. The van der Waals surface area contributed by atoms with Crippen molar-refractivity contribution in [2.45, 2.75) is 57.3 Å². The van der Waals surface area contributed by atoms with Crippen molar-refractivity contribution in [3.05, 3.63) is 58.5 Å². The molecule has 1 saturated heterocycles. The molecule has 2 fully saturated rings. The van der Waals surface area contributed by atoms with Crippen LogP contribution in [0.15, 0.2) is 30.6 Å². The van der Waals surface area contributed by atoms with Gasteiger partial charge in [-0.05, 0) is 56.4 Å². The van der Waals surface area contributed by atoms with Gasteiger partial charge in [0.25, 0.3) is 0 Å². The zero-order chi connectivity index (χ0) is 22.6. The molecular formula is C24H27ClFN7. The van der Waals surface area contributed by atoms with Gasteiger partial charge in [-0.3, -0.25) is 14.5 Å². The summed E-state index contributed by atoms with van der Waals surface area (Å²) in [5, 5.41) is 9.93. The van der Waals surface area contributed by atoms with Gasteiger partial charge in [-0.25, -0.2) is 9.37 Å². The molecular weight excluding hydrogens is 441 g/mol. The molecule has 2 aliphatic heterocycles. The summed E-state index contributed by atoms with van der Waals surface area (Å²) < 4.78 is 16.8. The highest BCUT2D eigenvalue weighted by atomic mass is 35.5. The average molecular weight is 468 g/mol. The first-order chi connectivity index (χ1) is 16.0. The summed E-state index contributed by atoms with van der Waals surface area (Å²) in [6, 6.07) is 5.97. The number of aryl methyl sites for hydroxylation is 1. The Morgan fingerprint density at radius 2 is 1.94 bits per heavy atom. The van der Waals surface area contributed by atoms with Crippen molar-refractivity contribution in [3.8, 4) is 5.69 Å². The van der Waals surface area contributed by atoms with Crippen molar-refractivity contribution in [1.29, 1.82) is 0 Å². The number of fused-ring (bicyclic) bond motifs is 3. The number of hydrogen-bond donors (Lipinski definition) is 0. The molecule has 0 unspecified atom stereocenters. The monoisotopic (exact) mass is 467 g/mol. The summed E-state index contributed by atoms with van der Waals surface area (Å²) in [7, 11) is 0. The highest BCUT2D eigenvalue weighted by Gasteiger charge is 2.45. The highest BCUT2D eigenvalue weighted by molar-refractivity contribution is 6.30. The Bertz CT molecular complexity index is 1180. The minimum absolute atomic E-state index is 0.297. The molecule has 1 aliphatic carbocycles. The van der Waals surface area contributed by atoms with E-state index >= 15 is 0 Å². The van der Waals surface area contributed by atoms with Crippen LogP contribution < -0.4 is 4.90 Å². The molecule has 0 bridgehead atoms. The maximum absolute atomic E-state index is 14.6. The van der Waals surface area contributed by atoms with E-state index in [-0.39, 0.29) is 0 Å². The van der Waals surface area contributed by atoms with Crippen LogP contribution in [-0.2, 0) is 13.1 Å². The van der Waals surface area contributed by atoms with Crippen molar-refractivity contribution in [1.82, 2.24) is 29.6 Å². The van der Waals surface area contributed by atoms with Gasteiger partial charge in [0.15, 0.2) is 5.82 Å². The van der Waals surface area contributed by atoms with Crippen LogP contribution in [-0.4, -0.2) is 54.9 Å². The zero-order valence-corrected chi connectivity index (χ0v) is 19.5. The first-order valence-corrected chi connectivity index (χ1v) is 12.0. The van der Waals surface area contributed by atoms with Crippen molar-refractivity contribution in [3.63, 3.8) is 0 Å². The maximum atomic E-state index is 14.6. The van der Waals surface area contributed by atoms with E-state index in [9.17, 15) is 4.39 Å². The fourth-order valence-electron chi connectivity index (χ4n) is 5.13. The molecule has 6 rings (SSSR count). The highest BCUT2D eigenvalue weighted by Crippen LogP contribution is 2.42. The fraction of sp³-hybridized carbons (Fsp3) is 0.500. The normalized spacial score (nSPS) is 20.3. The van der Waals surface area contributed by atoms with E-state index in [2.05, 4.69) is 40.6 Å². The largest absolute Gasteiger partial charge is 0.355 e. The lowest BCUT2D eigenvalue weighted by atomic mass is 9.95. The Hall–Kier alpha value is -2.58. The Labute approximate surface area is 197 Å². The molecule has 0 atom stereocenters. The standard InChI is InChI=1S/C24H27ClFN7/c1-16-11-27-12-21(28-16)32-8-4-17(5-9-32)23-30-29-22-14-31(15-24(26)6-7-24)13-18-10-19(25)2-3-20(18)33(22)23/h2-3,10-12,17H,4-9,13-15H2,1H3. The Morgan fingerprint density at radius 1 is 1.12 bits per heavy atom. The molecule has 3 aliphatic rings. The molecule has 3 aromatic rings. The van der Waals surface area contributed by atoms with E-state index in [0.29, 0.717) is 43.4 Å². The van der Waals surface area contributed by atoms with Gasteiger partial charge in [0.2, 0.25) is 0 Å². The number of benzene rings is 1. The lowest BCUT2D eigenvalue weighted by molar-refractivity contribution is 0.162. The topological polar surface area (TPSA) is 63.0 Å². The first-order valence-electron chi connectivity index (χ1n) is 11.7.